The van der Waals surface area contributed by atoms with Gasteiger partial charge in [0.25, 0.3) is 5.91 Å². The number of fused-ring (bicyclic) bond motifs is 1. The van der Waals surface area contributed by atoms with E-state index >= 15 is 0 Å². The summed E-state index contributed by atoms with van der Waals surface area (Å²) in [4.78, 5) is 17.1. The third kappa shape index (κ3) is 2.77. The van der Waals surface area contributed by atoms with Gasteiger partial charge in [0.15, 0.2) is 0 Å². The fraction of sp³-hybridized carbons (Fsp3) is 0.474. The summed E-state index contributed by atoms with van der Waals surface area (Å²) in [5.74, 6) is -0.457. The topological polar surface area (TPSA) is 51.2 Å². The van der Waals surface area contributed by atoms with Crippen molar-refractivity contribution in [3.05, 3.63) is 41.3 Å². The Morgan fingerprint density at radius 3 is 2.96 bits per heavy atom. The molecule has 2 fully saturated rings. The van der Waals surface area contributed by atoms with Crippen LogP contribution in [0, 0.1) is 12.7 Å². The van der Waals surface area contributed by atoms with Crippen molar-refractivity contribution in [3.63, 3.8) is 0 Å². The van der Waals surface area contributed by atoms with Crippen molar-refractivity contribution in [1.82, 2.24) is 10.3 Å². The second kappa shape index (κ2) is 5.81. The Balaban J connectivity index is 1.59. The van der Waals surface area contributed by atoms with Gasteiger partial charge < -0.3 is 10.1 Å². The molecule has 1 saturated heterocycles. The van der Waals surface area contributed by atoms with Crippen LogP contribution in [-0.4, -0.2) is 29.1 Å². The number of benzene rings is 1. The Morgan fingerprint density at radius 2 is 2.21 bits per heavy atom. The summed E-state index contributed by atoms with van der Waals surface area (Å²) in [7, 11) is 0. The summed E-state index contributed by atoms with van der Waals surface area (Å²) in [5, 5.41) is 3.84. The SMILES string of the molecule is Cc1cc(C(=O)NC2CCOC3(CCC3)C2)c2ccc(F)cc2n1. The Labute approximate surface area is 140 Å². The molecule has 1 saturated carbocycles. The van der Waals surface area contributed by atoms with Gasteiger partial charge in [0.2, 0.25) is 0 Å². The summed E-state index contributed by atoms with van der Waals surface area (Å²) in [5.41, 5.74) is 1.78. The molecule has 4 rings (SSSR count). The second-order valence-electron chi connectivity index (χ2n) is 7.02. The van der Waals surface area contributed by atoms with E-state index in [0.717, 1.165) is 25.7 Å². The lowest BCUT2D eigenvalue weighted by Crippen LogP contribution is -2.52. The maximum absolute atomic E-state index is 13.5. The van der Waals surface area contributed by atoms with E-state index in [1.54, 1.807) is 12.1 Å². The van der Waals surface area contributed by atoms with Crippen molar-refractivity contribution in [2.24, 2.45) is 0 Å². The highest BCUT2D eigenvalue weighted by Gasteiger charge is 2.42. The highest BCUT2D eigenvalue weighted by Crippen LogP contribution is 2.42. The van der Waals surface area contributed by atoms with Crippen LogP contribution >= 0.6 is 0 Å². The summed E-state index contributed by atoms with van der Waals surface area (Å²) >= 11 is 0. The molecule has 4 nitrogen and oxygen atoms in total. The number of aromatic nitrogens is 1. The molecule has 1 atom stereocenters. The average molecular weight is 328 g/mol. The van der Waals surface area contributed by atoms with Crippen molar-refractivity contribution in [2.75, 3.05) is 6.61 Å². The molecule has 1 aromatic carbocycles. The highest BCUT2D eigenvalue weighted by atomic mass is 19.1. The molecular weight excluding hydrogens is 307 g/mol. The van der Waals surface area contributed by atoms with E-state index in [4.69, 9.17) is 4.74 Å². The van der Waals surface area contributed by atoms with Crippen molar-refractivity contribution < 1.29 is 13.9 Å². The number of hydrogen-bond acceptors (Lipinski definition) is 3. The Kier molecular flexibility index (Phi) is 3.76. The van der Waals surface area contributed by atoms with Crippen LogP contribution in [-0.2, 0) is 4.74 Å². The standard InChI is InChI=1S/C19H21FN2O2/c1-12-9-16(15-4-3-13(20)10-17(15)21-12)18(23)22-14-5-8-24-19(11-14)6-2-7-19/h3-4,9-10,14H,2,5-8,11H2,1H3,(H,22,23). The van der Waals surface area contributed by atoms with Crippen LogP contribution < -0.4 is 5.32 Å². The minimum absolute atomic E-state index is 0.00441. The molecule has 2 aliphatic rings. The Morgan fingerprint density at radius 1 is 1.38 bits per heavy atom. The Bertz CT molecular complexity index is 796. The normalized spacial score (nSPS) is 22.3. The molecular formula is C19H21FN2O2. The molecule has 126 valence electrons. The van der Waals surface area contributed by atoms with Gasteiger partial charge in [0.1, 0.15) is 5.82 Å². The van der Waals surface area contributed by atoms with Gasteiger partial charge in [-0.25, -0.2) is 4.39 Å². The molecule has 1 N–H and O–H groups in total. The summed E-state index contributed by atoms with van der Waals surface area (Å²) < 4.78 is 19.4. The number of carbonyl (C=O) groups excluding carboxylic acids is 1. The van der Waals surface area contributed by atoms with Gasteiger partial charge in [-0.2, -0.15) is 0 Å². The number of carbonyl (C=O) groups is 1. The number of nitrogens with zero attached hydrogens (tertiary/aromatic N) is 1. The molecule has 2 heterocycles. The van der Waals surface area contributed by atoms with Crippen molar-refractivity contribution in [2.45, 2.75) is 50.7 Å². The van der Waals surface area contributed by atoms with Crippen molar-refractivity contribution >= 4 is 16.8 Å². The molecule has 1 spiro atoms. The van der Waals surface area contributed by atoms with Gasteiger partial charge in [0, 0.05) is 29.8 Å². The third-order valence-electron chi connectivity index (χ3n) is 5.24. The maximum Gasteiger partial charge on any atom is 0.252 e. The molecule has 1 aromatic heterocycles. The largest absolute Gasteiger partial charge is 0.375 e. The highest BCUT2D eigenvalue weighted by molar-refractivity contribution is 6.06. The smallest absolute Gasteiger partial charge is 0.252 e. The molecule has 1 aliphatic heterocycles. The van der Waals surface area contributed by atoms with Gasteiger partial charge in [0.05, 0.1) is 16.7 Å². The number of pyridine rings is 1. The van der Waals surface area contributed by atoms with Crippen LogP contribution in [0.1, 0.15) is 48.2 Å². The molecule has 0 bridgehead atoms. The van der Waals surface area contributed by atoms with E-state index < -0.39 is 0 Å². The number of halogens is 1. The van der Waals surface area contributed by atoms with E-state index in [1.165, 1.54) is 18.6 Å². The fourth-order valence-electron chi connectivity index (χ4n) is 3.86. The van der Waals surface area contributed by atoms with E-state index in [-0.39, 0.29) is 23.4 Å². The maximum atomic E-state index is 13.5. The number of aryl methyl sites for hydroxylation is 1. The number of rotatable bonds is 2. The van der Waals surface area contributed by atoms with Gasteiger partial charge >= 0.3 is 0 Å². The first kappa shape index (κ1) is 15.5. The first-order valence-corrected chi connectivity index (χ1v) is 8.56. The quantitative estimate of drug-likeness (QED) is 0.918. The predicted octanol–water partition coefficient (Wildman–Crippen LogP) is 3.51. The lowest BCUT2D eigenvalue weighted by molar-refractivity contribution is -0.134. The van der Waals surface area contributed by atoms with E-state index in [9.17, 15) is 9.18 Å². The molecule has 0 radical (unpaired) electrons. The van der Waals surface area contributed by atoms with Gasteiger partial charge in [-0.05, 0) is 57.2 Å². The zero-order chi connectivity index (χ0) is 16.7. The molecule has 5 heteroatoms. The predicted molar refractivity (Wildman–Crippen MR) is 89.5 cm³/mol. The Hall–Kier alpha value is -2.01. The number of ether oxygens (including phenoxy) is 1. The fourth-order valence-corrected chi connectivity index (χ4v) is 3.86. The molecule has 1 aliphatic carbocycles. The van der Waals surface area contributed by atoms with Gasteiger partial charge in [-0.15, -0.1) is 0 Å². The van der Waals surface area contributed by atoms with Crippen LogP contribution in [0.5, 0.6) is 0 Å². The minimum atomic E-state index is -0.344. The van der Waals surface area contributed by atoms with E-state index in [0.29, 0.717) is 28.8 Å². The van der Waals surface area contributed by atoms with Crippen LogP contribution in [0.15, 0.2) is 24.3 Å². The monoisotopic (exact) mass is 328 g/mol. The molecule has 1 amide bonds. The van der Waals surface area contributed by atoms with Crippen molar-refractivity contribution in [3.8, 4) is 0 Å². The summed E-state index contributed by atoms with van der Waals surface area (Å²) in [6.07, 6.45) is 5.12. The van der Waals surface area contributed by atoms with Gasteiger partial charge in [-0.3, -0.25) is 9.78 Å². The number of hydrogen-bond donors (Lipinski definition) is 1. The number of nitrogens with one attached hydrogen (secondary N) is 1. The molecule has 1 unspecified atom stereocenters. The number of amides is 1. The second-order valence-corrected chi connectivity index (χ2v) is 7.02. The van der Waals surface area contributed by atoms with Crippen LogP contribution in [0.25, 0.3) is 10.9 Å². The summed E-state index contributed by atoms with van der Waals surface area (Å²) in [6.45, 7) is 2.52. The molecule has 24 heavy (non-hydrogen) atoms. The van der Waals surface area contributed by atoms with E-state index in [2.05, 4.69) is 10.3 Å². The summed E-state index contributed by atoms with van der Waals surface area (Å²) in [6, 6.07) is 6.28. The minimum Gasteiger partial charge on any atom is -0.375 e. The first-order valence-electron chi connectivity index (χ1n) is 8.56. The van der Waals surface area contributed by atoms with Crippen molar-refractivity contribution in [1.29, 1.82) is 0 Å². The third-order valence-corrected chi connectivity index (χ3v) is 5.24. The van der Waals surface area contributed by atoms with Gasteiger partial charge in [-0.1, -0.05) is 0 Å². The zero-order valence-corrected chi connectivity index (χ0v) is 13.8. The lowest BCUT2D eigenvalue weighted by atomic mass is 9.74. The first-order chi connectivity index (χ1) is 11.5. The van der Waals surface area contributed by atoms with E-state index in [1.807, 2.05) is 6.92 Å². The average Bonchev–Trinajstić information content (AvgIpc) is 2.52. The van der Waals surface area contributed by atoms with Crippen LogP contribution in [0.2, 0.25) is 0 Å². The van der Waals surface area contributed by atoms with Crippen LogP contribution in [0.4, 0.5) is 4.39 Å². The van der Waals surface area contributed by atoms with Crippen LogP contribution in [0.3, 0.4) is 0 Å². The molecule has 2 aromatic rings. The lowest BCUT2D eigenvalue weighted by Gasteiger charge is -2.47. The zero-order valence-electron chi connectivity index (χ0n) is 13.8.